The summed E-state index contributed by atoms with van der Waals surface area (Å²) in [5.74, 6) is 0.848. The Bertz CT molecular complexity index is 609. The predicted octanol–water partition coefficient (Wildman–Crippen LogP) is 2.02. The Kier molecular flexibility index (Phi) is 4.29. The van der Waals surface area contributed by atoms with E-state index in [4.69, 9.17) is 4.52 Å². The lowest BCUT2D eigenvalue weighted by Crippen LogP contribution is -2.14. The molecule has 7 heteroatoms. The van der Waals surface area contributed by atoms with Crippen LogP contribution in [0.2, 0.25) is 0 Å². The molecule has 0 fully saturated rings. The zero-order valence-corrected chi connectivity index (χ0v) is 11.7. The molecule has 0 aromatic carbocycles. The number of amides is 1. The number of pyridine rings is 1. The molecule has 0 saturated carbocycles. The van der Waals surface area contributed by atoms with Crippen molar-refractivity contribution in [3.63, 3.8) is 0 Å². The van der Waals surface area contributed by atoms with E-state index in [1.54, 1.807) is 19.1 Å². The Morgan fingerprint density at radius 1 is 1.30 bits per heavy atom. The first-order valence-corrected chi connectivity index (χ1v) is 6.48. The zero-order chi connectivity index (χ0) is 14.5. The SMILES string of the molecule is CCNc1cc(C(=O)Nc2nc(C)no2)cc(CC)n1. The molecule has 0 unspecified atom stereocenters. The molecule has 7 nitrogen and oxygen atoms in total. The minimum atomic E-state index is -0.301. The average molecular weight is 275 g/mol. The molecule has 1 amide bonds. The Morgan fingerprint density at radius 3 is 2.70 bits per heavy atom. The Hall–Kier alpha value is -2.44. The van der Waals surface area contributed by atoms with Crippen LogP contribution in [-0.2, 0) is 6.42 Å². The summed E-state index contributed by atoms with van der Waals surface area (Å²) in [5, 5.41) is 9.29. The lowest BCUT2D eigenvalue weighted by atomic mass is 10.2. The van der Waals surface area contributed by atoms with Gasteiger partial charge in [-0.15, -0.1) is 0 Å². The summed E-state index contributed by atoms with van der Waals surface area (Å²) in [6.45, 7) is 6.39. The summed E-state index contributed by atoms with van der Waals surface area (Å²) in [6, 6.07) is 3.54. The number of hydrogen-bond donors (Lipinski definition) is 2. The number of aryl methyl sites for hydroxylation is 2. The summed E-state index contributed by atoms with van der Waals surface area (Å²) in [7, 11) is 0. The number of carbonyl (C=O) groups excluding carboxylic acids is 1. The van der Waals surface area contributed by atoms with Crippen molar-refractivity contribution in [1.29, 1.82) is 0 Å². The van der Waals surface area contributed by atoms with Crippen molar-refractivity contribution in [3.8, 4) is 0 Å². The maximum Gasteiger partial charge on any atom is 0.328 e. The third-order valence-electron chi connectivity index (χ3n) is 2.61. The van der Waals surface area contributed by atoms with Crippen molar-refractivity contribution in [2.24, 2.45) is 0 Å². The zero-order valence-electron chi connectivity index (χ0n) is 11.7. The summed E-state index contributed by atoms with van der Waals surface area (Å²) in [6.07, 6.45) is 0.749. The van der Waals surface area contributed by atoms with E-state index in [-0.39, 0.29) is 11.9 Å². The van der Waals surface area contributed by atoms with Crippen molar-refractivity contribution in [2.45, 2.75) is 27.2 Å². The highest BCUT2D eigenvalue weighted by Crippen LogP contribution is 2.13. The van der Waals surface area contributed by atoms with Crippen LogP contribution in [0.15, 0.2) is 16.7 Å². The van der Waals surface area contributed by atoms with Gasteiger partial charge in [-0.3, -0.25) is 10.1 Å². The summed E-state index contributed by atoms with van der Waals surface area (Å²) in [4.78, 5) is 20.5. The molecule has 0 bridgehead atoms. The number of hydrogen-bond acceptors (Lipinski definition) is 6. The molecular weight excluding hydrogens is 258 g/mol. The van der Waals surface area contributed by atoms with E-state index >= 15 is 0 Å². The van der Waals surface area contributed by atoms with Crippen molar-refractivity contribution < 1.29 is 9.32 Å². The van der Waals surface area contributed by atoms with Gasteiger partial charge in [-0.05, 0) is 32.4 Å². The van der Waals surface area contributed by atoms with E-state index in [1.807, 2.05) is 13.8 Å². The fourth-order valence-corrected chi connectivity index (χ4v) is 1.69. The van der Waals surface area contributed by atoms with Crippen LogP contribution in [0.25, 0.3) is 0 Å². The molecule has 0 radical (unpaired) electrons. The molecule has 2 heterocycles. The number of carbonyl (C=O) groups is 1. The fourth-order valence-electron chi connectivity index (χ4n) is 1.69. The lowest BCUT2D eigenvalue weighted by Gasteiger charge is -2.08. The van der Waals surface area contributed by atoms with Crippen molar-refractivity contribution in [3.05, 3.63) is 29.2 Å². The van der Waals surface area contributed by atoms with Gasteiger partial charge in [0.1, 0.15) is 5.82 Å². The Morgan fingerprint density at radius 2 is 2.10 bits per heavy atom. The number of rotatable bonds is 5. The van der Waals surface area contributed by atoms with Crippen LogP contribution < -0.4 is 10.6 Å². The van der Waals surface area contributed by atoms with Crippen molar-refractivity contribution in [2.75, 3.05) is 17.2 Å². The Balaban J connectivity index is 2.21. The van der Waals surface area contributed by atoms with Gasteiger partial charge in [-0.2, -0.15) is 4.98 Å². The molecule has 2 rings (SSSR count). The first kappa shape index (κ1) is 14.0. The molecule has 20 heavy (non-hydrogen) atoms. The highest BCUT2D eigenvalue weighted by molar-refractivity contribution is 6.03. The quantitative estimate of drug-likeness (QED) is 0.867. The van der Waals surface area contributed by atoms with Crippen molar-refractivity contribution in [1.82, 2.24) is 15.1 Å². The molecule has 0 aliphatic heterocycles. The standard InChI is InChI=1S/C13H17N5O2/c1-4-10-6-9(7-11(16-10)14-5-2)12(19)17-13-15-8(3)18-20-13/h6-7H,4-5H2,1-3H3,(H,14,16)(H,15,17,18,19). The highest BCUT2D eigenvalue weighted by atomic mass is 16.5. The molecule has 2 aromatic heterocycles. The molecule has 106 valence electrons. The van der Waals surface area contributed by atoms with Gasteiger partial charge in [0.25, 0.3) is 5.91 Å². The number of anilines is 2. The van der Waals surface area contributed by atoms with Crippen LogP contribution in [0.5, 0.6) is 0 Å². The van der Waals surface area contributed by atoms with Crippen LogP contribution in [0, 0.1) is 6.92 Å². The molecule has 2 aromatic rings. The lowest BCUT2D eigenvalue weighted by molar-refractivity contribution is 0.102. The van der Waals surface area contributed by atoms with Crippen molar-refractivity contribution >= 4 is 17.7 Å². The topological polar surface area (TPSA) is 92.9 Å². The van der Waals surface area contributed by atoms with E-state index in [0.29, 0.717) is 17.2 Å². The molecule has 0 aliphatic carbocycles. The van der Waals surface area contributed by atoms with Gasteiger partial charge < -0.3 is 9.84 Å². The first-order chi connectivity index (χ1) is 9.62. The smallest absolute Gasteiger partial charge is 0.328 e. The van der Waals surface area contributed by atoms with E-state index < -0.39 is 0 Å². The fraction of sp³-hybridized carbons (Fsp3) is 0.385. The second-order valence-electron chi connectivity index (χ2n) is 4.22. The van der Waals surface area contributed by atoms with Crippen LogP contribution in [0.1, 0.15) is 35.7 Å². The monoisotopic (exact) mass is 275 g/mol. The third kappa shape index (κ3) is 3.31. The minimum absolute atomic E-state index is 0.0901. The van der Waals surface area contributed by atoms with Gasteiger partial charge in [0.15, 0.2) is 5.82 Å². The summed E-state index contributed by atoms with van der Waals surface area (Å²) < 4.78 is 4.87. The summed E-state index contributed by atoms with van der Waals surface area (Å²) >= 11 is 0. The van der Waals surface area contributed by atoms with Gasteiger partial charge in [-0.1, -0.05) is 12.1 Å². The average Bonchev–Trinajstić information content (AvgIpc) is 2.84. The second-order valence-corrected chi connectivity index (χ2v) is 4.22. The number of nitrogens with one attached hydrogen (secondary N) is 2. The second kappa shape index (κ2) is 6.14. The minimum Gasteiger partial charge on any atom is -0.370 e. The molecule has 0 spiro atoms. The predicted molar refractivity (Wildman–Crippen MR) is 74.8 cm³/mol. The van der Waals surface area contributed by atoms with E-state index in [9.17, 15) is 4.79 Å². The maximum absolute atomic E-state index is 12.2. The van der Waals surface area contributed by atoms with Gasteiger partial charge in [-0.25, -0.2) is 4.98 Å². The largest absolute Gasteiger partial charge is 0.370 e. The summed E-state index contributed by atoms with van der Waals surface area (Å²) in [5.41, 5.74) is 1.35. The number of nitrogens with zero attached hydrogens (tertiary/aromatic N) is 3. The van der Waals surface area contributed by atoms with Crippen LogP contribution >= 0.6 is 0 Å². The van der Waals surface area contributed by atoms with E-state index in [2.05, 4.69) is 25.8 Å². The first-order valence-electron chi connectivity index (χ1n) is 6.48. The Labute approximate surface area is 116 Å². The van der Waals surface area contributed by atoms with Gasteiger partial charge in [0, 0.05) is 17.8 Å². The molecule has 0 aliphatic rings. The van der Waals surface area contributed by atoms with Gasteiger partial charge in [0.05, 0.1) is 0 Å². The maximum atomic E-state index is 12.2. The molecule has 0 atom stereocenters. The molecule has 2 N–H and O–H groups in total. The normalized spacial score (nSPS) is 10.3. The van der Waals surface area contributed by atoms with Crippen LogP contribution in [0.3, 0.4) is 0 Å². The van der Waals surface area contributed by atoms with E-state index in [1.165, 1.54) is 0 Å². The van der Waals surface area contributed by atoms with E-state index in [0.717, 1.165) is 18.7 Å². The van der Waals surface area contributed by atoms with Gasteiger partial charge >= 0.3 is 6.01 Å². The van der Waals surface area contributed by atoms with Crippen LogP contribution in [-0.4, -0.2) is 27.6 Å². The number of aromatic nitrogens is 3. The molecular formula is C13H17N5O2. The molecule has 0 saturated heterocycles. The van der Waals surface area contributed by atoms with Gasteiger partial charge in [0.2, 0.25) is 0 Å². The highest BCUT2D eigenvalue weighted by Gasteiger charge is 2.12. The van der Waals surface area contributed by atoms with Crippen LogP contribution in [0.4, 0.5) is 11.8 Å². The third-order valence-corrected chi connectivity index (χ3v) is 2.61.